The highest BCUT2D eigenvalue weighted by Gasteiger charge is 2.30. The van der Waals surface area contributed by atoms with Gasteiger partial charge in [0.05, 0.1) is 0 Å². The van der Waals surface area contributed by atoms with E-state index in [-0.39, 0.29) is 24.8 Å². The Morgan fingerprint density at radius 2 is 1.68 bits per heavy atom. The van der Waals surface area contributed by atoms with Crippen molar-refractivity contribution in [1.29, 1.82) is 0 Å². The maximum atomic E-state index is 14.5. The average Bonchev–Trinajstić information content (AvgIpc) is 2.86. The highest BCUT2D eigenvalue weighted by atomic mass is 35.5. The molecule has 0 spiro atoms. The number of likely N-dealkylation sites (N-methyl/N-ethyl adjacent to an activating group) is 1. The molecule has 0 unspecified atom stereocenters. The van der Waals surface area contributed by atoms with Gasteiger partial charge in [0.15, 0.2) is 0 Å². The molecule has 0 aliphatic carbocycles. The second-order valence-corrected chi connectivity index (χ2v) is 9.44. The van der Waals surface area contributed by atoms with Gasteiger partial charge in [0, 0.05) is 41.9 Å². The van der Waals surface area contributed by atoms with Gasteiger partial charge in [-0.25, -0.2) is 4.39 Å². The summed E-state index contributed by atoms with van der Waals surface area (Å²) in [6.07, 6.45) is 1.24. The van der Waals surface area contributed by atoms with Gasteiger partial charge in [0.25, 0.3) is 0 Å². The fourth-order valence-corrected chi connectivity index (χ4v) is 4.60. The first-order valence-electron chi connectivity index (χ1n) is 11.1. The number of nitrogens with zero attached hydrogens (tertiary/aromatic N) is 1. The van der Waals surface area contributed by atoms with Crippen LogP contribution in [0.15, 0.2) is 83.8 Å². The zero-order valence-corrected chi connectivity index (χ0v) is 20.6. The van der Waals surface area contributed by atoms with Crippen molar-refractivity contribution in [3.8, 4) is 0 Å². The van der Waals surface area contributed by atoms with Crippen LogP contribution in [0.5, 0.6) is 0 Å². The molecular weight excluding hydrogens is 471 g/mol. The van der Waals surface area contributed by atoms with Gasteiger partial charge in [-0.1, -0.05) is 60.1 Å². The molecule has 0 aromatic heterocycles. The number of rotatable bonds is 11. The molecular formula is C27H28ClFN2O2S. The molecule has 3 aromatic rings. The predicted molar refractivity (Wildman–Crippen MR) is 136 cm³/mol. The van der Waals surface area contributed by atoms with E-state index in [4.69, 9.17) is 11.6 Å². The molecule has 34 heavy (non-hydrogen) atoms. The lowest BCUT2D eigenvalue weighted by molar-refractivity contribution is -0.141. The van der Waals surface area contributed by atoms with Crippen LogP contribution in [-0.4, -0.2) is 35.6 Å². The number of nitrogens with one attached hydrogen (secondary N) is 1. The van der Waals surface area contributed by atoms with E-state index in [0.717, 1.165) is 16.2 Å². The standard InChI is InChI=1S/C27H28ClFN2O2S/c1-30-27(33)25(18-20-8-3-2-4-9-20)31(19-21-10-5-6-11-24(21)29)26(32)12-7-17-34-23-15-13-22(28)14-16-23/h2-6,8-11,13-16,25H,7,12,17-19H2,1H3,(H,30,33)/t25-/m0/s1. The minimum absolute atomic E-state index is 0.0285. The van der Waals surface area contributed by atoms with Crippen molar-refractivity contribution in [2.75, 3.05) is 12.8 Å². The van der Waals surface area contributed by atoms with Crippen molar-refractivity contribution in [2.24, 2.45) is 0 Å². The maximum Gasteiger partial charge on any atom is 0.242 e. The number of thioether (sulfide) groups is 1. The molecule has 3 rings (SSSR count). The third-order valence-electron chi connectivity index (χ3n) is 5.43. The molecule has 178 valence electrons. The predicted octanol–water partition coefficient (Wildman–Crippen LogP) is 5.74. The van der Waals surface area contributed by atoms with Gasteiger partial charge in [-0.15, -0.1) is 11.8 Å². The largest absolute Gasteiger partial charge is 0.357 e. The van der Waals surface area contributed by atoms with Gasteiger partial charge in [0.1, 0.15) is 11.9 Å². The quantitative estimate of drug-likeness (QED) is 0.271. The smallest absolute Gasteiger partial charge is 0.242 e. The summed E-state index contributed by atoms with van der Waals surface area (Å²) in [6, 6.07) is 22.7. The summed E-state index contributed by atoms with van der Waals surface area (Å²) >= 11 is 7.58. The molecule has 0 fully saturated rings. The van der Waals surface area contributed by atoms with Crippen LogP contribution in [-0.2, 0) is 22.6 Å². The second kappa shape index (κ2) is 13.2. The third-order valence-corrected chi connectivity index (χ3v) is 6.78. The van der Waals surface area contributed by atoms with Crippen molar-refractivity contribution in [2.45, 2.75) is 36.7 Å². The average molecular weight is 499 g/mol. The van der Waals surface area contributed by atoms with Gasteiger partial charge >= 0.3 is 0 Å². The Hall–Kier alpha value is -2.83. The van der Waals surface area contributed by atoms with E-state index in [9.17, 15) is 14.0 Å². The monoisotopic (exact) mass is 498 g/mol. The third kappa shape index (κ3) is 7.61. The number of benzene rings is 3. The first kappa shape index (κ1) is 25.8. The number of hydrogen-bond acceptors (Lipinski definition) is 3. The van der Waals surface area contributed by atoms with Gasteiger partial charge in [0.2, 0.25) is 11.8 Å². The number of halogens is 2. The molecule has 0 aliphatic heterocycles. The molecule has 0 bridgehead atoms. The van der Waals surface area contributed by atoms with Crippen LogP contribution in [0.1, 0.15) is 24.0 Å². The first-order valence-corrected chi connectivity index (χ1v) is 12.5. The lowest BCUT2D eigenvalue weighted by atomic mass is 10.0. The SMILES string of the molecule is CNC(=O)[C@H](Cc1ccccc1)N(Cc1ccccc1F)C(=O)CCCSc1ccc(Cl)cc1. The van der Waals surface area contributed by atoms with Gasteiger partial charge in [-0.05, 0) is 48.1 Å². The lowest BCUT2D eigenvalue weighted by Gasteiger charge is -2.31. The summed E-state index contributed by atoms with van der Waals surface area (Å²) in [4.78, 5) is 28.8. The van der Waals surface area contributed by atoms with E-state index in [1.807, 2.05) is 54.6 Å². The minimum atomic E-state index is -0.747. The highest BCUT2D eigenvalue weighted by Crippen LogP contribution is 2.23. The number of hydrogen-bond donors (Lipinski definition) is 1. The molecule has 7 heteroatoms. The topological polar surface area (TPSA) is 49.4 Å². The van der Waals surface area contributed by atoms with Crippen LogP contribution in [0.25, 0.3) is 0 Å². The molecule has 1 N–H and O–H groups in total. The Kier molecular flexibility index (Phi) is 9.98. The number of carbonyl (C=O) groups excluding carboxylic acids is 2. The number of amides is 2. The molecule has 0 aliphatic rings. The van der Waals surface area contributed by atoms with Crippen LogP contribution in [0.4, 0.5) is 4.39 Å². The molecule has 0 heterocycles. The van der Waals surface area contributed by atoms with E-state index in [0.29, 0.717) is 23.4 Å². The second-order valence-electron chi connectivity index (χ2n) is 7.84. The summed E-state index contributed by atoms with van der Waals surface area (Å²) in [5, 5.41) is 3.36. The molecule has 0 saturated heterocycles. The van der Waals surface area contributed by atoms with Crippen molar-refractivity contribution in [3.63, 3.8) is 0 Å². The Balaban J connectivity index is 1.75. The van der Waals surface area contributed by atoms with Crippen LogP contribution >= 0.6 is 23.4 Å². The summed E-state index contributed by atoms with van der Waals surface area (Å²) in [5.74, 6) is -0.105. The van der Waals surface area contributed by atoms with Gasteiger partial charge < -0.3 is 10.2 Å². The normalized spacial score (nSPS) is 11.6. The Morgan fingerprint density at radius 1 is 1.00 bits per heavy atom. The van der Waals surface area contributed by atoms with Crippen LogP contribution in [0, 0.1) is 5.82 Å². The Bertz CT molecular complexity index is 1080. The molecule has 4 nitrogen and oxygen atoms in total. The molecule has 3 aromatic carbocycles. The minimum Gasteiger partial charge on any atom is -0.357 e. The maximum absolute atomic E-state index is 14.5. The Morgan fingerprint density at radius 3 is 2.35 bits per heavy atom. The molecule has 1 atom stereocenters. The highest BCUT2D eigenvalue weighted by molar-refractivity contribution is 7.99. The summed E-state index contributed by atoms with van der Waals surface area (Å²) < 4.78 is 14.5. The van der Waals surface area contributed by atoms with Crippen molar-refractivity contribution >= 4 is 35.2 Å². The van der Waals surface area contributed by atoms with E-state index >= 15 is 0 Å². The van der Waals surface area contributed by atoms with E-state index in [1.165, 1.54) is 11.0 Å². The van der Waals surface area contributed by atoms with Crippen molar-refractivity contribution < 1.29 is 14.0 Å². The number of carbonyl (C=O) groups is 2. The van der Waals surface area contributed by atoms with Gasteiger partial charge in [-0.2, -0.15) is 0 Å². The zero-order valence-electron chi connectivity index (χ0n) is 19.0. The summed E-state index contributed by atoms with van der Waals surface area (Å²) in [5.41, 5.74) is 1.31. The van der Waals surface area contributed by atoms with Crippen LogP contribution in [0.2, 0.25) is 5.02 Å². The first-order chi connectivity index (χ1) is 16.5. The van der Waals surface area contributed by atoms with E-state index in [1.54, 1.807) is 37.0 Å². The van der Waals surface area contributed by atoms with Crippen LogP contribution < -0.4 is 5.32 Å². The van der Waals surface area contributed by atoms with Crippen molar-refractivity contribution in [3.05, 3.63) is 101 Å². The molecule has 0 radical (unpaired) electrons. The van der Waals surface area contributed by atoms with Gasteiger partial charge in [-0.3, -0.25) is 9.59 Å². The fraction of sp³-hybridized carbons (Fsp3) is 0.259. The van der Waals surface area contributed by atoms with E-state index < -0.39 is 11.9 Å². The molecule has 0 saturated carbocycles. The zero-order chi connectivity index (χ0) is 24.3. The van der Waals surface area contributed by atoms with Crippen molar-refractivity contribution in [1.82, 2.24) is 10.2 Å². The molecule has 2 amide bonds. The van der Waals surface area contributed by atoms with Crippen LogP contribution in [0.3, 0.4) is 0 Å². The lowest BCUT2D eigenvalue weighted by Crippen LogP contribution is -2.49. The summed E-state index contributed by atoms with van der Waals surface area (Å²) in [6.45, 7) is 0.0285. The fourth-order valence-electron chi connectivity index (χ4n) is 3.62. The van der Waals surface area contributed by atoms with E-state index in [2.05, 4.69) is 5.32 Å². The summed E-state index contributed by atoms with van der Waals surface area (Å²) in [7, 11) is 1.55. The Labute approximate surface area is 209 Å².